The summed E-state index contributed by atoms with van der Waals surface area (Å²) in [5, 5.41) is 12.7. The lowest BCUT2D eigenvalue weighted by atomic mass is 9.90. The van der Waals surface area contributed by atoms with E-state index in [-0.39, 0.29) is 0 Å². The molecule has 1 rings (SSSR count). The minimum absolute atomic E-state index is 0.318. The lowest BCUT2D eigenvalue weighted by Crippen LogP contribution is -2.50. The first kappa shape index (κ1) is 16.9. The number of rotatable bonds is 9. The number of hydrogen-bond donors (Lipinski definition) is 3. The van der Waals surface area contributed by atoms with Crippen LogP contribution in [0.1, 0.15) is 39.5 Å². The van der Waals surface area contributed by atoms with Crippen LogP contribution in [0.2, 0.25) is 0 Å². The van der Waals surface area contributed by atoms with Crippen molar-refractivity contribution >= 4 is 0 Å². The van der Waals surface area contributed by atoms with Gasteiger partial charge < -0.3 is 21.1 Å². The van der Waals surface area contributed by atoms with Crippen molar-refractivity contribution < 1.29 is 5.11 Å². The van der Waals surface area contributed by atoms with Crippen molar-refractivity contribution in [3.63, 3.8) is 0 Å². The molecule has 1 saturated heterocycles. The van der Waals surface area contributed by atoms with E-state index in [1.54, 1.807) is 0 Å². The Kier molecular flexibility index (Phi) is 8.62. The van der Waals surface area contributed by atoms with Gasteiger partial charge in [-0.25, -0.2) is 0 Å². The minimum Gasteiger partial charge on any atom is -0.396 e. The first-order chi connectivity index (χ1) is 9.15. The molecule has 114 valence electrons. The van der Waals surface area contributed by atoms with Gasteiger partial charge in [0.25, 0.3) is 0 Å². The summed E-state index contributed by atoms with van der Waals surface area (Å²) in [5.41, 5.74) is 5.69. The molecule has 0 spiro atoms. The summed E-state index contributed by atoms with van der Waals surface area (Å²) >= 11 is 0. The second-order valence-electron chi connectivity index (χ2n) is 6.35. The summed E-state index contributed by atoms with van der Waals surface area (Å²) in [4.78, 5) is 2.48. The van der Waals surface area contributed by atoms with Gasteiger partial charge in [-0.15, -0.1) is 0 Å². The topological polar surface area (TPSA) is 61.5 Å². The minimum atomic E-state index is 0.318. The number of hydrogen-bond acceptors (Lipinski definition) is 4. The van der Waals surface area contributed by atoms with Crippen LogP contribution < -0.4 is 11.1 Å². The van der Waals surface area contributed by atoms with Crippen molar-refractivity contribution in [3.8, 4) is 0 Å². The van der Waals surface area contributed by atoms with E-state index in [1.165, 1.54) is 12.8 Å². The molecule has 1 aliphatic rings. The standard InChI is InChI=1S/C15H33N3O/c1-13(2)5-7-17-15-10-14(4-3-9-19)11-18(12-15)8-6-16/h13-15,17,19H,3-12,16H2,1-2H3. The molecular weight excluding hydrogens is 238 g/mol. The summed E-state index contributed by atoms with van der Waals surface area (Å²) in [7, 11) is 0. The van der Waals surface area contributed by atoms with E-state index in [1.807, 2.05) is 0 Å². The Morgan fingerprint density at radius 1 is 1.37 bits per heavy atom. The predicted octanol–water partition coefficient (Wildman–Crippen LogP) is 1.04. The molecule has 0 aliphatic carbocycles. The van der Waals surface area contributed by atoms with Crippen LogP contribution in [-0.4, -0.2) is 55.4 Å². The molecule has 0 bridgehead atoms. The van der Waals surface area contributed by atoms with E-state index >= 15 is 0 Å². The smallest absolute Gasteiger partial charge is 0.0431 e. The van der Waals surface area contributed by atoms with E-state index < -0.39 is 0 Å². The number of piperidine rings is 1. The van der Waals surface area contributed by atoms with Crippen molar-refractivity contribution in [2.45, 2.75) is 45.6 Å². The predicted molar refractivity (Wildman–Crippen MR) is 81.2 cm³/mol. The molecule has 4 heteroatoms. The van der Waals surface area contributed by atoms with Gasteiger partial charge in [0.15, 0.2) is 0 Å². The molecule has 19 heavy (non-hydrogen) atoms. The van der Waals surface area contributed by atoms with Gasteiger partial charge in [0.05, 0.1) is 0 Å². The summed E-state index contributed by atoms with van der Waals surface area (Å²) in [6.07, 6.45) is 4.56. The monoisotopic (exact) mass is 271 g/mol. The van der Waals surface area contributed by atoms with E-state index in [2.05, 4.69) is 24.1 Å². The van der Waals surface area contributed by atoms with Crippen molar-refractivity contribution in [1.29, 1.82) is 0 Å². The van der Waals surface area contributed by atoms with E-state index in [4.69, 9.17) is 10.8 Å². The van der Waals surface area contributed by atoms with Gasteiger partial charge in [0.1, 0.15) is 0 Å². The van der Waals surface area contributed by atoms with Crippen LogP contribution in [0.4, 0.5) is 0 Å². The molecule has 2 unspecified atom stereocenters. The third kappa shape index (κ3) is 7.25. The van der Waals surface area contributed by atoms with Crippen LogP contribution in [0, 0.1) is 11.8 Å². The zero-order valence-electron chi connectivity index (χ0n) is 12.8. The average molecular weight is 271 g/mol. The molecule has 0 aromatic heterocycles. The summed E-state index contributed by atoms with van der Waals surface area (Å²) < 4.78 is 0. The van der Waals surface area contributed by atoms with Gasteiger partial charge in [0, 0.05) is 38.8 Å². The van der Waals surface area contributed by atoms with Crippen LogP contribution in [0.5, 0.6) is 0 Å². The molecule has 0 amide bonds. The molecule has 1 fully saturated rings. The molecule has 0 saturated carbocycles. The highest BCUT2D eigenvalue weighted by Crippen LogP contribution is 2.21. The quantitative estimate of drug-likeness (QED) is 0.586. The Bertz CT molecular complexity index is 223. The van der Waals surface area contributed by atoms with Crippen LogP contribution in [0.15, 0.2) is 0 Å². The fraction of sp³-hybridized carbons (Fsp3) is 1.00. The number of aliphatic hydroxyl groups excluding tert-OH is 1. The van der Waals surface area contributed by atoms with Gasteiger partial charge >= 0.3 is 0 Å². The maximum absolute atomic E-state index is 8.99. The first-order valence-electron chi connectivity index (χ1n) is 7.92. The van der Waals surface area contributed by atoms with E-state index in [0.29, 0.717) is 18.6 Å². The lowest BCUT2D eigenvalue weighted by molar-refractivity contribution is 0.132. The van der Waals surface area contributed by atoms with Gasteiger partial charge in [-0.2, -0.15) is 0 Å². The van der Waals surface area contributed by atoms with Crippen LogP contribution in [0.25, 0.3) is 0 Å². The fourth-order valence-electron chi connectivity index (χ4n) is 2.98. The largest absolute Gasteiger partial charge is 0.396 e. The van der Waals surface area contributed by atoms with Crippen molar-refractivity contribution in [3.05, 3.63) is 0 Å². The molecule has 1 aliphatic heterocycles. The van der Waals surface area contributed by atoms with Gasteiger partial charge in [-0.05, 0) is 44.1 Å². The van der Waals surface area contributed by atoms with Crippen molar-refractivity contribution in [1.82, 2.24) is 10.2 Å². The molecule has 4 nitrogen and oxygen atoms in total. The van der Waals surface area contributed by atoms with E-state index in [9.17, 15) is 0 Å². The Labute approximate surface area is 118 Å². The summed E-state index contributed by atoms with van der Waals surface area (Å²) in [5.74, 6) is 1.48. The maximum atomic E-state index is 8.99. The third-order valence-corrected chi connectivity index (χ3v) is 3.98. The highest BCUT2D eigenvalue weighted by molar-refractivity contribution is 4.83. The van der Waals surface area contributed by atoms with Crippen molar-refractivity contribution in [2.24, 2.45) is 17.6 Å². The third-order valence-electron chi connectivity index (χ3n) is 3.98. The fourth-order valence-corrected chi connectivity index (χ4v) is 2.98. The Morgan fingerprint density at radius 2 is 2.16 bits per heavy atom. The number of aliphatic hydroxyl groups is 1. The first-order valence-corrected chi connectivity index (χ1v) is 7.92. The second kappa shape index (κ2) is 9.70. The highest BCUT2D eigenvalue weighted by atomic mass is 16.2. The molecular formula is C15H33N3O. The lowest BCUT2D eigenvalue weighted by Gasteiger charge is -2.38. The molecule has 2 atom stereocenters. The number of nitrogens with zero attached hydrogens (tertiary/aromatic N) is 1. The second-order valence-corrected chi connectivity index (χ2v) is 6.35. The zero-order valence-corrected chi connectivity index (χ0v) is 12.8. The van der Waals surface area contributed by atoms with Crippen LogP contribution in [-0.2, 0) is 0 Å². The molecule has 1 heterocycles. The normalized spacial score (nSPS) is 25.1. The van der Waals surface area contributed by atoms with Gasteiger partial charge in [-0.1, -0.05) is 13.8 Å². The average Bonchev–Trinajstić information content (AvgIpc) is 2.36. The van der Waals surface area contributed by atoms with Crippen LogP contribution >= 0.6 is 0 Å². The Balaban J connectivity index is 2.35. The van der Waals surface area contributed by atoms with Crippen molar-refractivity contribution in [2.75, 3.05) is 39.3 Å². The summed E-state index contributed by atoms with van der Waals surface area (Å²) in [6, 6.07) is 0.600. The van der Waals surface area contributed by atoms with Gasteiger partial charge in [-0.3, -0.25) is 0 Å². The molecule has 0 aromatic carbocycles. The molecule has 4 N–H and O–H groups in total. The van der Waals surface area contributed by atoms with Gasteiger partial charge in [0.2, 0.25) is 0 Å². The highest BCUT2D eigenvalue weighted by Gasteiger charge is 2.26. The molecule has 0 aromatic rings. The number of nitrogens with one attached hydrogen (secondary N) is 1. The Hall–Kier alpha value is -0.160. The zero-order chi connectivity index (χ0) is 14.1. The summed E-state index contributed by atoms with van der Waals surface area (Å²) in [6.45, 7) is 10.00. The maximum Gasteiger partial charge on any atom is 0.0431 e. The number of likely N-dealkylation sites (tertiary alicyclic amines) is 1. The Morgan fingerprint density at radius 3 is 2.79 bits per heavy atom. The number of nitrogens with two attached hydrogens (primary N) is 1. The van der Waals surface area contributed by atoms with Crippen LogP contribution in [0.3, 0.4) is 0 Å². The SMILES string of the molecule is CC(C)CCNC1CC(CCCO)CN(CCN)C1. The van der Waals surface area contributed by atoms with E-state index in [0.717, 1.165) is 51.5 Å². The molecule has 0 radical (unpaired) electrons.